The van der Waals surface area contributed by atoms with Crippen LogP contribution < -0.4 is 10.2 Å². The smallest absolute Gasteiger partial charge is 0.367 e. The minimum atomic E-state index is -4.49. The molecule has 146 valence electrons. The fourth-order valence-electron chi connectivity index (χ4n) is 3.07. The van der Waals surface area contributed by atoms with E-state index in [1.807, 2.05) is 6.07 Å². The number of rotatable bonds is 4. The van der Waals surface area contributed by atoms with Gasteiger partial charge in [0.05, 0.1) is 12.4 Å². The van der Waals surface area contributed by atoms with E-state index < -0.39 is 11.9 Å². The van der Waals surface area contributed by atoms with Crippen LogP contribution in [-0.4, -0.2) is 48.8 Å². The number of aromatic nitrogens is 6. The van der Waals surface area contributed by atoms with Crippen molar-refractivity contribution < 1.29 is 13.2 Å². The number of nitrogens with one attached hydrogen (secondary N) is 1. The zero-order valence-corrected chi connectivity index (χ0v) is 14.7. The van der Waals surface area contributed by atoms with Crippen molar-refractivity contribution in [2.45, 2.75) is 25.1 Å². The summed E-state index contributed by atoms with van der Waals surface area (Å²) in [5.41, 5.74) is -0.951. The number of anilines is 2. The standard InChI is InChI=1S/C17H17F3N8/c18-17(19,20)13-8-14(23-11-22-13)25-12-2-6-27(7-3-12)15-9-21-10-16(26-15)28-5-1-4-24-28/h1,4-5,8-12H,2-3,6-7H2,(H,22,23,25). The Morgan fingerprint density at radius 1 is 1.07 bits per heavy atom. The molecule has 4 rings (SSSR count). The Kier molecular flexibility index (Phi) is 4.80. The van der Waals surface area contributed by atoms with Gasteiger partial charge in [-0.05, 0) is 18.9 Å². The number of piperidine rings is 1. The summed E-state index contributed by atoms with van der Waals surface area (Å²) in [4.78, 5) is 18.1. The Bertz CT molecular complexity index is 920. The lowest BCUT2D eigenvalue weighted by Crippen LogP contribution is -2.39. The Hall–Kier alpha value is -3.24. The number of nitrogens with zero attached hydrogens (tertiary/aromatic N) is 7. The number of alkyl halides is 3. The first-order valence-corrected chi connectivity index (χ1v) is 8.72. The van der Waals surface area contributed by atoms with Gasteiger partial charge in [0.15, 0.2) is 5.82 Å². The lowest BCUT2D eigenvalue weighted by molar-refractivity contribution is -0.141. The van der Waals surface area contributed by atoms with Crippen LogP contribution in [0.4, 0.5) is 24.8 Å². The van der Waals surface area contributed by atoms with Crippen LogP contribution in [0.25, 0.3) is 5.82 Å². The molecule has 0 aromatic carbocycles. The van der Waals surface area contributed by atoms with Crippen molar-refractivity contribution in [2.75, 3.05) is 23.3 Å². The van der Waals surface area contributed by atoms with E-state index in [1.165, 1.54) is 0 Å². The van der Waals surface area contributed by atoms with Gasteiger partial charge in [-0.15, -0.1) is 0 Å². The van der Waals surface area contributed by atoms with Gasteiger partial charge < -0.3 is 10.2 Å². The summed E-state index contributed by atoms with van der Waals surface area (Å²) in [5.74, 6) is 1.55. The molecular formula is C17H17F3N8. The monoisotopic (exact) mass is 390 g/mol. The van der Waals surface area contributed by atoms with Gasteiger partial charge in [0.1, 0.15) is 23.7 Å². The molecule has 11 heteroatoms. The molecule has 0 amide bonds. The molecule has 8 nitrogen and oxygen atoms in total. The van der Waals surface area contributed by atoms with Gasteiger partial charge >= 0.3 is 6.18 Å². The van der Waals surface area contributed by atoms with Crippen LogP contribution in [0.2, 0.25) is 0 Å². The molecule has 0 unspecified atom stereocenters. The second-order valence-electron chi connectivity index (χ2n) is 6.38. The molecule has 0 spiro atoms. The van der Waals surface area contributed by atoms with Crippen molar-refractivity contribution >= 4 is 11.6 Å². The van der Waals surface area contributed by atoms with Gasteiger partial charge in [-0.1, -0.05) is 0 Å². The third-order valence-corrected chi connectivity index (χ3v) is 4.48. The SMILES string of the molecule is FC(F)(F)c1cc(NC2CCN(c3cncc(-n4cccn4)n3)CC2)ncn1. The van der Waals surface area contributed by atoms with E-state index in [9.17, 15) is 13.2 Å². The zero-order valence-electron chi connectivity index (χ0n) is 14.7. The predicted octanol–water partition coefficient (Wildman–Crippen LogP) is 2.55. The number of halogens is 3. The summed E-state index contributed by atoms with van der Waals surface area (Å²) < 4.78 is 40.0. The van der Waals surface area contributed by atoms with E-state index in [4.69, 9.17) is 0 Å². The summed E-state index contributed by atoms with van der Waals surface area (Å²) in [6.45, 7) is 1.40. The van der Waals surface area contributed by atoms with Gasteiger partial charge in [0, 0.05) is 37.6 Å². The van der Waals surface area contributed by atoms with E-state index >= 15 is 0 Å². The Labute approximate surface area is 158 Å². The van der Waals surface area contributed by atoms with Crippen LogP contribution in [-0.2, 0) is 6.18 Å². The van der Waals surface area contributed by atoms with Gasteiger partial charge in [-0.2, -0.15) is 18.3 Å². The van der Waals surface area contributed by atoms with Crippen molar-refractivity contribution in [1.29, 1.82) is 0 Å². The fraction of sp³-hybridized carbons (Fsp3) is 0.353. The maximum absolute atomic E-state index is 12.8. The molecule has 1 fully saturated rings. The molecule has 1 saturated heterocycles. The first-order valence-electron chi connectivity index (χ1n) is 8.72. The highest BCUT2D eigenvalue weighted by Crippen LogP contribution is 2.28. The molecule has 4 heterocycles. The Morgan fingerprint density at radius 3 is 2.57 bits per heavy atom. The third-order valence-electron chi connectivity index (χ3n) is 4.48. The van der Waals surface area contributed by atoms with Crippen molar-refractivity contribution in [3.8, 4) is 5.82 Å². The fourth-order valence-corrected chi connectivity index (χ4v) is 3.07. The second kappa shape index (κ2) is 7.41. The molecule has 0 saturated carbocycles. The van der Waals surface area contributed by atoms with E-state index in [-0.39, 0.29) is 11.9 Å². The molecule has 0 atom stereocenters. The highest BCUT2D eigenvalue weighted by atomic mass is 19.4. The molecule has 3 aromatic rings. The Morgan fingerprint density at radius 2 is 1.86 bits per heavy atom. The van der Waals surface area contributed by atoms with Crippen LogP contribution in [0.1, 0.15) is 18.5 Å². The van der Waals surface area contributed by atoms with Crippen molar-refractivity contribution in [2.24, 2.45) is 0 Å². The van der Waals surface area contributed by atoms with Crippen LogP contribution in [0.15, 0.2) is 43.2 Å². The van der Waals surface area contributed by atoms with Crippen LogP contribution in [0.5, 0.6) is 0 Å². The largest absolute Gasteiger partial charge is 0.433 e. The average molecular weight is 390 g/mol. The topological polar surface area (TPSA) is 84.7 Å². The highest BCUT2D eigenvalue weighted by molar-refractivity contribution is 5.41. The summed E-state index contributed by atoms with van der Waals surface area (Å²) in [6.07, 6.45) is 4.71. The lowest BCUT2D eigenvalue weighted by atomic mass is 10.1. The highest BCUT2D eigenvalue weighted by Gasteiger charge is 2.33. The molecule has 1 N–H and O–H groups in total. The molecular weight excluding hydrogens is 373 g/mol. The van der Waals surface area contributed by atoms with E-state index in [0.717, 1.165) is 31.1 Å². The summed E-state index contributed by atoms with van der Waals surface area (Å²) in [6, 6.07) is 2.77. The molecule has 0 aliphatic carbocycles. The van der Waals surface area contributed by atoms with Crippen LogP contribution >= 0.6 is 0 Å². The quantitative estimate of drug-likeness (QED) is 0.733. The van der Waals surface area contributed by atoms with Gasteiger partial charge in [-0.3, -0.25) is 4.98 Å². The molecule has 0 bridgehead atoms. The van der Waals surface area contributed by atoms with Crippen LogP contribution in [0.3, 0.4) is 0 Å². The minimum Gasteiger partial charge on any atom is -0.367 e. The maximum Gasteiger partial charge on any atom is 0.433 e. The zero-order chi connectivity index (χ0) is 19.6. The molecule has 1 aliphatic rings. The lowest BCUT2D eigenvalue weighted by Gasteiger charge is -2.33. The van der Waals surface area contributed by atoms with Crippen molar-refractivity contribution in [1.82, 2.24) is 29.7 Å². The molecule has 0 radical (unpaired) electrons. The maximum atomic E-state index is 12.8. The first kappa shape index (κ1) is 18.1. The second-order valence-corrected chi connectivity index (χ2v) is 6.38. The first-order chi connectivity index (χ1) is 13.5. The minimum absolute atomic E-state index is 0.0227. The van der Waals surface area contributed by atoms with Crippen molar-refractivity contribution in [3.63, 3.8) is 0 Å². The normalized spacial score (nSPS) is 15.6. The summed E-state index contributed by atoms with van der Waals surface area (Å²) in [7, 11) is 0. The third kappa shape index (κ3) is 4.02. The van der Waals surface area contributed by atoms with Gasteiger partial charge in [0.2, 0.25) is 0 Å². The molecule has 1 aliphatic heterocycles. The number of hydrogen-bond donors (Lipinski definition) is 1. The van der Waals surface area contributed by atoms with Gasteiger partial charge in [0.25, 0.3) is 0 Å². The number of hydrogen-bond acceptors (Lipinski definition) is 7. The van der Waals surface area contributed by atoms with Crippen molar-refractivity contribution in [3.05, 3.63) is 48.9 Å². The van der Waals surface area contributed by atoms with Crippen LogP contribution in [0, 0.1) is 0 Å². The molecule has 3 aromatic heterocycles. The van der Waals surface area contributed by atoms with E-state index in [0.29, 0.717) is 18.9 Å². The Balaban J connectivity index is 1.38. The van der Waals surface area contributed by atoms with E-state index in [2.05, 4.69) is 35.3 Å². The predicted molar refractivity (Wildman–Crippen MR) is 95.0 cm³/mol. The van der Waals surface area contributed by atoms with E-state index in [1.54, 1.807) is 29.5 Å². The van der Waals surface area contributed by atoms with Gasteiger partial charge in [-0.25, -0.2) is 19.6 Å². The summed E-state index contributed by atoms with van der Waals surface area (Å²) >= 11 is 0. The molecule has 28 heavy (non-hydrogen) atoms. The summed E-state index contributed by atoms with van der Waals surface area (Å²) in [5, 5.41) is 7.22. The average Bonchev–Trinajstić information content (AvgIpc) is 3.23.